The Hall–Kier alpha value is -1.55. The van der Waals surface area contributed by atoms with E-state index >= 15 is 0 Å². The third-order valence-corrected chi connectivity index (χ3v) is 3.76. The van der Waals surface area contributed by atoms with Gasteiger partial charge in [-0.25, -0.2) is 0 Å². The van der Waals surface area contributed by atoms with Crippen molar-refractivity contribution in [3.63, 3.8) is 0 Å². The van der Waals surface area contributed by atoms with Crippen LogP contribution in [0.15, 0.2) is 24.3 Å². The SMILES string of the molecule is CN(C(=O)c1ccccc1NN)C1CCCCC1. The summed E-state index contributed by atoms with van der Waals surface area (Å²) in [5.74, 6) is 5.50. The van der Waals surface area contributed by atoms with Gasteiger partial charge in [0.2, 0.25) is 0 Å². The first-order valence-corrected chi connectivity index (χ1v) is 6.57. The predicted molar refractivity (Wildman–Crippen MR) is 73.2 cm³/mol. The van der Waals surface area contributed by atoms with Crippen LogP contribution in [0.2, 0.25) is 0 Å². The van der Waals surface area contributed by atoms with Crippen LogP contribution in [0, 0.1) is 0 Å². The van der Waals surface area contributed by atoms with Crippen LogP contribution in [0.3, 0.4) is 0 Å². The molecule has 1 saturated carbocycles. The highest BCUT2D eigenvalue weighted by molar-refractivity contribution is 5.99. The molecule has 0 aromatic heterocycles. The van der Waals surface area contributed by atoms with Crippen molar-refractivity contribution < 1.29 is 4.79 Å². The summed E-state index contributed by atoms with van der Waals surface area (Å²) in [4.78, 5) is 14.3. The third kappa shape index (κ3) is 2.64. The first-order valence-electron chi connectivity index (χ1n) is 6.57. The Kier molecular flexibility index (Phi) is 4.20. The van der Waals surface area contributed by atoms with E-state index in [2.05, 4.69) is 5.43 Å². The van der Waals surface area contributed by atoms with Crippen LogP contribution in [0.5, 0.6) is 0 Å². The molecule has 4 nitrogen and oxygen atoms in total. The number of nitrogen functional groups attached to an aromatic ring is 1. The van der Waals surface area contributed by atoms with Crippen molar-refractivity contribution in [1.82, 2.24) is 4.90 Å². The molecular weight excluding hydrogens is 226 g/mol. The number of nitrogens with zero attached hydrogens (tertiary/aromatic N) is 1. The largest absolute Gasteiger partial charge is 0.339 e. The van der Waals surface area contributed by atoms with Gasteiger partial charge in [0.15, 0.2) is 0 Å². The highest BCUT2D eigenvalue weighted by Gasteiger charge is 2.24. The number of amides is 1. The van der Waals surface area contributed by atoms with Crippen molar-refractivity contribution >= 4 is 11.6 Å². The first-order chi connectivity index (χ1) is 8.74. The Bertz CT molecular complexity index is 413. The topological polar surface area (TPSA) is 58.4 Å². The zero-order chi connectivity index (χ0) is 13.0. The number of hydrazine groups is 1. The third-order valence-electron chi connectivity index (χ3n) is 3.76. The van der Waals surface area contributed by atoms with E-state index in [9.17, 15) is 4.79 Å². The highest BCUT2D eigenvalue weighted by Crippen LogP contribution is 2.24. The number of nitrogens with one attached hydrogen (secondary N) is 1. The van der Waals surface area contributed by atoms with Gasteiger partial charge in [0, 0.05) is 13.1 Å². The standard InChI is InChI=1S/C14H21N3O/c1-17(11-7-3-2-4-8-11)14(18)12-9-5-6-10-13(12)16-15/h5-6,9-11,16H,2-4,7-8,15H2,1H3. The van der Waals surface area contributed by atoms with Gasteiger partial charge < -0.3 is 10.3 Å². The summed E-state index contributed by atoms with van der Waals surface area (Å²) in [6.45, 7) is 0. The Morgan fingerprint density at radius 1 is 1.28 bits per heavy atom. The molecule has 98 valence electrons. The Balaban J connectivity index is 2.14. The van der Waals surface area contributed by atoms with Crippen molar-refractivity contribution in [2.75, 3.05) is 12.5 Å². The van der Waals surface area contributed by atoms with Gasteiger partial charge in [-0.1, -0.05) is 31.4 Å². The van der Waals surface area contributed by atoms with Crippen molar-refractivity contribution in [3.05, 3.63) is 29.8 Å². The van der Waals surface area contributed by atoms with Crippen molar-refractivity contribution in [1.29, 1.82) is 0 Å². The predicted octanol–water partition coefficient (Wildman–Crippen LogP) is 2.38. The lowest BCUT2D eigenvalue weighted by molar-refractivity contribution is 0.0697. The van der Waals surface area contributed by atoms with Crippen molar-refractivity contribution in [2.24, 2.45) is 5.84 Å². The fourth-order valence-corrected chi connectivity index (χ4v) is 2.62. The molecule has 1 aliphatic carbocycles. The molecule has 0 radical (unpaired) electrons. The van der Waals surface area contributed by atoms with Crippen LogP contribution in [0.1, 0.15) is 42.5 Å². The fraction of sp³-hybridized carbons (Fsp3) is 0.500. The van der Waals surface area contributed by atoms with E-state index in [1.54, 1.807) is 0 Å². The smallest absolute Gasteiger partial charge is 0.255 e. The van der Waals surface area contributed by atoms with Gasteiger partial charge in [0.1, 0.15) is 0 Å². The summed E-state index contributed by atoms with van der Waals surface area (Å²) < 4.78 is 0. The molecule has 0 heterocycles. The van der Waals surface area contributed by atoms with Crippen LogP contribution < -0.4 is 11.3 Å². The van der Waals surface area contributed by atoms with Crippen LogP contribution >= 0.6 is 0 Å². The molecule has 0 aliphatic heterocycles. The molecule has 2 rings (SSSR count). The molecule has 4 heteroatoms. The van der Waals surface area contributed by atoms with Gasteiger partial charge in [-0.2, -0.15) is 0 Å². The molecule has 1 aromatic rings. The van der Waals surface area contributed by atoms with E-state index in [1.165, 1.54) is 19.3 Å². The minimum atomic E-state index is 0.0513. The molecule has 0 bridgehead atoms. The molecule has 0 saturated heterocycles. The number of rotatable bonds is 3. The van der Waals surface area contributed by atoms with E-state index in [4.69, 9.17) is 5.84 Å². The second-order valence-corrected chi connectivity index (χ2v) is 4.90. The van der Waals surface area contributed by atoms with Gasteiger partial charge in [0.05, 0.1) is 11.3 Å². The minimum absolute atomic E-state index is 0.0513. The van der Waals surface area contributed by atoms with E-state index < -0.39 is 0 Å². The van der Waals surface area contributed by atoms with Crippen LogP contribution in [0.4, 0.5) is 5.69 Å². The molecule has 18 heavy (non-hydrogen) atoms. The van der Waals surface area contributed by atoms with E-state index in [1.807, 2.05) is 36.2 Å². The number of carbonyl (C=O) groups is 1. The summed E-state index contributed by atoms with van der Waals surface area (Å²) in [5.41, 5.74) is 3.92. The van der Waals surface area contributed by atoms with Crippen molar-refractivity contribution in [2.45, 2.75) is 38.1 Å². The highest BCUT2D eigenvalue weighted by atomic mass is 16.2. The van der Waals surface area contributed by atoms with Crippen LogP contribution in [0.25, 0.3) is 0 Å². The number of carbonyl (C=O) groups excluding carboxylic acids is 1. The summed E-state index contributed by atoms with van der Waals surface area (Å²) in [7, 11) is 1.89. The average molecular weight is 247 g/mol. The molecule has 1 aliphatic rings. The molecule has 0 atom stereocenters. The average Bonchev–Trinajstić information content (AvgIpc) is 2.46. The lowest BCUT2D eigenvalue weighted by Gasteiger charge is -2.31. The monoisotopic (exact) mass is 247 g/mol. The fourth-order valence-electron chi connectivity index (χ4n) is 2.62. The van der Waals surface area contributed by atoms with Gasteiger partial charge in [-0.05, 0) is 25.0 Å². The molecule has 3 N–H and O–H groups in total. The molecule has 0 unspecified atom stereocenters. The quantitative estimate of drug-likeness (QED) is 0.637. The van der Waals surface area contributed by atoms with E-state index in [0.29, 0.717) is 17.3 Å². The number of hydrogen-bond donors (Lipinski definition) is 2. The summed E-state index contributed by atoms with van der Waals surface area (Å²) in [5, 5.41) is 0. The van der Waals surface area contributed by atoms with E-state index in [0.717, 1.165) is 12.8 Å². The summed E-state index contributed by atoms with van der Waals surface area (Å²) in [6.07, 6.45) is 5.96. The van der Waals surface area contributed by atoms with Crippen LogP contribution in [-0.4, -0.2) is 23.9 Å². The first kappa shape index (κ1) is 12.9. The zero-order valence-electron chi connectivity index (χ0n) is 10.9. The molecule has 0 spiro atoms. The second kappa shape index (κ2) is 5.87. The number of para-hydroxylation sites is 1. The number of anilines is 1. The number of nitrogens with two attached hydrogens (primary N) is 1. The molecule has 1 fully saturated rings. The maximum atomic E-state index is 12.5. The van der Waals surface area contributed by atoms with Gasteiger partial charge >= 0.3 is 0 Å². The maximum Gasteiger partial charge on any atom is 0.255 e. The lowest BCUT2D eigenvalue weighted by atomic mass is 9.94. The van der Waals surface area contributed by atoms with Crippen LogP contribution in [-0.2, 0) is 0 Å². The Labute approximate surface area is 108 Å². The Morgan fingerprint density at radius 2 is 1.94 bits per heavy atom. The summed E-state index contributed by atoms with van der Waals surface area (Å²) >= 11 is 0. The van der Waals surface area contributed by atoms with Gasteiger partial charge in [-0.3, -0.25) is 10.6 Å². The maximum absolute atomic E-state index is 12.5. The normalized spacial score (nSPS) is 16.3. The summed E-state index contributed by atoms with van der Waals surface area (Å²) in [6, 6.07) is 7.74. The number of hydrogen-bond acceptors (Lipinski definition) is 3. The van der Waals surface area contributed by atoms with Gasteiger partial charge in [-0.15, -0.1) is 0 Å². The Morgan fingerprint density at radius 3 is 2.61 bits per heavy atom. The minimum Gasteiger partial charge on any atom is -0.339 e. The lowest BCUT2D eigenvalue weighted by Crippen LogP contribution is -2.38. The molecule has 1 aromatic carbocycles. The zero-order valence-corrected chi connectivity index (χ0v) is 10.9. The van der Waals surface area contributed by atoms with Gasteiger partial charge in [0.25, 0.3) is 5.91 Å². The van der Waals surface area contributed by atoms with Crippen molar-refractivity contribution in [3.8, 4) is 0 Å². The van der Waals surface area contributed by atoms with E-state index in [-0.39, 0.29) is 5.91 Å². The molecule has 1 amide bonds. The molecular formula is C14H21N3O. The number of benzene rings is 1. The second-order valence-electron chi connectivity index (χ2n) is 4.90.